The van der Waals surface area contributed by atoms with E-state index in [1.165, 1.54) is 13.3 Å². The lowest BCUT2D eigenvalue weighted by Gasteiger charge is -2.16. The van der Waals surface area contributed by atoms with Gasteiger partial charge in [-0.05, 0) is 18.4 Å². The number of nitriles is 1. The maximum atomic E-state index is 11.6. The van der Waals surface area contributed by atoms with E-state index in [1.807, 2.05) is 0 Å². The van der Waals surface area contributed by atoms with Gasteiger partial charge in [-0.3, -0.25) is 4.79 Å². The van der Waals surface area contributed by atoms with Crippen molar-refractivity contribution in [2.24, 2.45) is 0 Å². The molecular weight excluding hydrogens is 192 g/mol. The third-order valence-corrected chi connectivity index (χ3v) is 2.59. The van der Waals surface area contributed by atoms with Gasteiger partial charge in [0.25, 0.3) is 0 Å². The van der Waals surface area contributed by atoms with Crippen LogP contribution in [0, 0.1) is 11.3 Å². The van der Waals surface area contributed by atoms with Crippen molar-refractivity contribution in [1.82, 2.24) is 4.98 Å². The molecule has 4 nitrogen and oxygen atoms in total. The number of nitrogens with zero attached hydrogens (tertiary/aromatic N) is 2. The molecule has 0 spiro atoms. The molecule has 1 aliphatic carbocycles. The van der Waals surface area contributed by atoms with Crippen LogP contribution in [0.4, 0.5) is 0 Å². The second-order valence-corrected chi connectivity index (χ2v) is 3.42. The number of carbonyl (C=O) groups is 1. The average molecular weight is 202 g/mol. The second kappa shape index (κ2) is 3.70. The number of aromatic nitrogens is 1. The summed E-state index contributed by atoms with van der Waals surface area (Å²) in [4.78, 5) is 15.5. The van der Waals surface area contributed by atoms with Gasteiger partial charge in [0.1, 0.15) is 11.6 Å². The normalized spacial score (nSPS) is 14.3. The Balaban J connectivity index is 2.65. The van der Waals surface area contributed by atoms with E-state index in [4.69, 9.17) is 10.00 Å². The third kappa shape index (κ3) is 1.46. The minimum absolute atomic E-state index is 0.0721. The molecular formula is C11H10N2O2. The first-order chi connectivity index (χ1) is 7.27. The van der Waals surface area contributed by atoms with E-state index in [-0.39, 0.29) is 5.78 Å². The fourth-order valence-corrected chi connectivity index (χ4v) is 1.86. The standard InChI is InChI=1S/C11H10N2O2/c1-15-11-8(5-12)7-3-2-4-10(14)9(7)6-13-11/h6H,2-4H2,1H3. The molecule has 0 atom stereocenters. The summed E-state index contributed by atoms with van der Waals surface area (Å²) < 4.78 is 4.99. The molecule has 0 unspecified atom stereocenters. The average Bonchev–Trinajstić information content (AvgIpc) is 2.28. The molecule has 0 saturated carbocycles. The molecule has 1 aromatic rings. The number of fused-ring (bicyclic) bond motifs is 1. The van der Waals surface area contributed by atoms with E-state index in [0.29, 0.717) is 23.4 Å². The van der Waals surface area contributed by atoms with Gasteiger partial charge in [-0.2, -0.15) is 5.26 Å². The zero-order chi connectivity index (χ0) is 10.8. The fourth-order valence-electron chi connectivity index (χ4n) is 1.86. The molecule has 0 aromatic carbocycles. The first-order valence-corrected chi connectivity index (χ1v) is 4.77. The van der Waals surface area contributed by atoms with Crippen LogP contribution in [-0.4, -0.2) is 17.9 Å². The molecule has 0 saturated heterocycles. The van der Waals surface area contributed by atoms with Gasteiger partial charge in [-0.1, -0.05) is 0 Å². The SMILES string of the molecule is COc1ncc2c(c1C#N)CCCC2=O. The topological polar surface area (TPSA) is 63.0 Å². The zero-order valence-corrected chi connectivity index (χ0v) is 8.41. The van der Waals surface area contributed by atoms with E-state index < -0.39 is 0 Å². The monoisotopic (exact) mass is 202 g/mol. The summed E-state index contributed by atoms with van der Waals surface area (Å²) in [6.07, 6.45) is 3.61. The molecule has 0 amide bonds. The van der Waals surface area contributed by atoms with Gasteiger partial charge in [-0.15, -0.1) is 0 Å². The summed E-state index contributed by atoms with van der Waals surface area (Å²) in [6, 6.07) is 2.06. The molecule has 0 radical (unpaired) electrons. The number of ketones is 1. The van der Waals surface area contributed by atoms with Crippen molar-refractivity contribution in [2.45, 2.75) is 19.3 Å². The van der Waals surface area contributed by atoms with Crippen LogP contribution in [0.25, 0.3) is 0 Å². The predicted molar refractivity (Wildman–Crippen MR) is 52.8 cm³/mol. The van der Waals surface area contributed by atoms with E-state index in [9.17, 15) is 4.79 Å². The van der Waals surface area contributed by atoms with Gasteiger partial charge in [0.15, 0.2) is 5.78 Å². The molecule has 0 bridgehead atoms. The maximum Gasteiger partial charge on any atom is 0.231 e. The molecule has 1 aliphatic rings. The molecule has 1 aromatic heterocycles. The molecule has 0 N–H and O–H groups in total. The molecule has 15 heavy (non-hydrogen) atoms. The summed E-state index contributed by atoms with van der Waals surface area (Å²) in [6.45, 7) is 0. The number of pyridine rings is 1. The summed E-state index contributed by atoms with van der Waals surface area (Å²) in [5.74, 6) is 0.383. The van der Waals surface area contributed by atoms with Crippen LogP contribution in [0.1, 0.15) is 34.3 Å². The minimum Gasteiger partial charge on any atom is -0.480 e. The zero-order valence-electron chi connectivity index (χ0n) is 8.41. The first-order valence-electron chi connectivity index (χ1n) is 4.77. The summed E-state index contributed by atoms with van der Waals surface area (Å²) >= 11 is 0. The largest absolute Gasteiger partial charge is 0.480 e. The molecule has 1 heterocycles. The lowest BCUT2D eigenvalue weighted by molar-refractivity contribution is 0.0972. The Kier molecular flexibility index (Phi) is 2.38. The summed E-state index contributed by atoms with van der Waals surface area (Å²) in [5.41, 5.74) is 1.78. The highest BCUT2D eigenvalue weighted by molar-refractivity contribution is 5.98. The van der Waals surface area contributed by atoms with E-state index in [1.54, 1.807) is 0 Å². The predicted octanol–water partition coefficient (Wildman–Crippen LogP) is 1.48. The van der Waals surface area contributed by atoms with Crippen LogP contribution in [0.2, 0.25) is 0 Å². The fraction of sp³-hybridized carbons (Fsp3) is 0.364. The van der Waals surface area contributed by atoms with Gasteiger partial charge in [0, 0.05) is 18.2 Å². The van der Waals surface area contributed by atoms with Crippen molar-refractivity contribution in [2.75, 3.05) is 7.11 Å². The number of rotatable bonds is 1. The number of Topliss-reactive ketones (excluding diaryl/α,β-unsaturated/α-hetero) is 1. The van der Waals surface area contributed by atoms with Gasteiger partial charge in [0.2, 0.25) is 5.88 Å². The van der Waals surface area contributed by atoms with Crippen molar-refractivity contribution >= 4 is 5.78 Å². The Morgan fingerprint density at radius 3 is 3.00 bits per heavy atom. The second-order valence-electron chi connectivity index (χ2n) is 3.42. The Labute approximate surface area is 87.5 Å². The lowest BCUT2D eigenvalue weighted by atomic mass is 9.89. The number of carbonyl (C=O) groups excluding carboxylic acids is 1. The van der Waals surface area contributed by atoms with Crippen molar-refractivity contribution < 1.29 is 9.53 Å². The number of ether oxygens (including phenoxy) is 1. The van der Waals surface area contributed by atoms with Gasteiger partial charge < -0.3 is 4.74 Å². The van der Waals surface area contributed by atoms with Crippen molar-refractivity contribution in [3.8, 4) is 11.9 Å². The molecule has 4 heteroatoms. The molecule has 0 aliphatic heterocycles. The highest BCUT2D eigenvalue weighted by Gasteiger charge is 2.23. The van der Waals surface area contributed by atoms with Gasteiger partial charge in [0.05, 0.1) is 7.11 Å². The Morgan fingerprint density at radius 1 is 1.53 bits per heavy atom. The van der Waals surface area contributed by atoms with Crippen molar-refractivity contribution in [3.05, 3.63) is 22.9 Å². The highest BCUT2D eigenvalue weighted by Crippen LogP contribution is 2.28. The van der Waals surface area contributed by atoms with E-state index in [0.717, 1.165) is 18.4 Å². The smallest absolute Gasteiger partial charge is 0.231 e. The van der Waals surface area contributed by atoms with Crippen LogP contribution in [0.3, 0.4) is 0 Å². The van der Waals surface area contributed by atoms with Gasteiger partial charge in [-0.25, -0.2) is 4.98 Å². The number of methoxy groups -OCH3 is 1. The minimum atomic E-state index is 0.0721. The summed E-state index contributed by atoms with van der Waals surface area (Å²) in [5, 5.41) is 9.01. The Morgan fingerprint density at radius 2 is 2.33 bits per heavy atom. The highest BCUT2D eigenvalue weighted by atomic mass is 16.5. The van der Waals surface area contributed by atoms with Crippen LogP contribution < -0.4 is 4.74 Å². The number of hydrogen-bond donors (Lipinski definition) is 0. The van der Waals surface area contributed by atoms with E-state index >= 15 is 0 Å². The van der Waals surface area contributed by atoms with Gasteiger partial charge >= 0.3 is 0 Å². The molecule has 76 valence electrons. The van der Waals surface area contributed by atoms with Crippen LogP contribution in [0.15, 0.2) is 6.20 Å². The quantitative estimate of drug-likeness (QED) is 0.692. The van der Waals surface area contributed by atoms with Crippen LogP contribution in [-0.2, 0) is 6.42 Å². The number of hydrogen-bond acceptors (Lipinski definition) is 4. The lowest BCUT2D eigenvalue weighted by Crippen LogP contribution is -2.14. The third-order valence-electron chi connectivity index (χ3n) is 2.59. The molecule has 2 rings (SSSR count). The maximum absolute atomic E-state index is 11.6. The van der Waals surface area contributed by atoms with Crippen LogP contribution in [0.5, 0.6) is 5.88 Å². The summed E-state index contributed by atoms with van der Waals surface area (Å²) in [7, 11) is 1.47. The van der Waals surface area contributed by atoms with Crippen molar-refractivity contribution in [1.29, 1.82) is 5.26 Å². The first kappa shape index (κ1) is 9.66. The van der Waals surface area contributed by atoms with E-state index in [2.05, 4.69) is 11.1 Å². The molecule has 0 fully saturated rings. The Bertz CT molecular complexity index is 460. The van der Waals surface area contributed by atoms with Crippen LogP contribution >= 0.6 is 0 Å². The Hall–Kier alpha value is -1.89. The van der Waals surface area contributed by atoms with Crippen molar-refractivity contribution in [3.63, 3.8) is 0 Å².